The van der Waals surface area contributed by atoms with Crippen molar-refractivity contribution >= 4 is 23.5 Å². The number of hydrogen-bond donors (Lipinski definition) is 2. The summed E-state index contributed by atoms with van der Waals surface area (Å²) in [4.78, 5) is 44.7. The molecule has 0 bridgehead atoms. The van der Waals surface area contributed by atoms with Crippen molar-refractivity contribution in [3.05, 3.63) is 89.3 Å². The number of carboxylic acids is 1. The molecule has 1 aliphatic rings. The molecule has 1 unspecified atom stereocenters. The molecule has 37 heavy (non-hydrogen) atoms. The van der Waals surface area contributed by atoms with Crippen molar-refractivity contribution in [1.29, 1.82) is 0 Å². The molecule has 0 saturated carbocycles. The zero-order chi connectivity index (χ0) is 27.2. The van der Waals surface area contributed by atoms with E-state index in [1.807, 2.05) is 19.1 Å². The molecule has 0 saturated heterocycles. The first-order valence-corrected chi connectivity index (χ1v) is 11.1. The first-order chi connectivity index (χ1) is 17.5. The number of carbonyl (C=O) groups is 3. The number of alkyl halides is 3. The van der Waals surface area contributed by atoms with E-state index in [1.54, 1.807) is 29.3 Å². The Labute approximate surface area is 209 Å². The second-order valence-corrected chi connectivity index (χ2v) is 7.98. The summed E-state index contributed by atoms with van der Waals surface area (Å²) in [5.74, 6) is -3.59. The summed E-state index contributed by atoms with van der Waals surface area (Å²) in [5.41, 5.74) is 3.09. The van der Waals surface area contributed by atoms with Crippen LogP contribution < -0.4 is 10.2 Å². The summed E-state index contributed by atoms with van der Waals surface area (Å²) >= 11 is 0. The van der Waals surface area contributed by atoms with Crippen LogP contribution in [0.25, 0.3) is 0 Å². The number of pyridine rings is 2. The number of benzene rings is 1. The van der Waals surface area contributed by atoms with Crippen LogP contribution >= 0.6 is 0 Å². The molecular formula is C25H22F4N4O4. The van der Waals surface area contributed by atoms with Crippen molar-refractivity contribution in [2.45, 2.75) is 32.0 Å². The highest BCUT2D eigenvalue weighted by molar-refractivity contribution is 6.05. The quantitative estimate of drug-likeness (QED) is 0.497. The largest absolute Gasteiger partial charge is 0.490 e. The van der Waals surface area contributed by atoms with E-state index >= 15 is 0 Å². The number of aryl methyl sites for hydroxylation is 1. The Balaban J connectivity index is 0.000000479. The van der Waals surface area contributed by atoms with Gasteiger partial charge in [0.1, 0.15) is 11.5 Å². The van der Waals surface area contributed by atoms with Crippen LogP contribution in [0.2, 0.25) is 0 Å². The number of carbonyl (C=O) groups excluding carboxylic acids is 2. The van der Waals surface area contributed by atoms with Crippen LogP contribution in [0, 0.1) is 5.82 Å². The Morgan fingerprint density at radius 2 is 1.73 bits per heavy atom. The van der Waals surface area contributed by atoms with Crippen LogP contribution in [-0.2, 0) is 11.2 Å². The molecule has 0 radical (unpaired) electrons. The van der Waals surface area contributed by atoms with Crippen LogP contribution in [0.4, 0.5) is 23.2 Å². The van der Waals surface area contributed by atoms with E-state index in [9.17, 15) is 27.2 Å². The SMILES string of the molecule is CC(NC(=O)c1ccc(F)cc1)c1ccc2c(n1)CCCN2C(=O)c1ccccn1.O=C(O)C(F)(F)F. The van der Waals surface area contributed by atoms with Crippen LogP contribution in [0.3, 0.4) is 0 Å². The molecule has 194 valence electrons. The topological polar surface area (TPSA) is 112 Å². The predicted molar refractivity (Wildman–Crippen MR) is 124 cm³/mol. The van der Waals surface area contributed by atoms with Gasteiger partial charge in [0.2, 0.25) is 0 Å². The fourth-order valence-electron chi connectivity index (χ4n) is 3.50. The molecule has 1 aliphatic heterocycles. The highest BCUT2D eigenvalue weighted by Gasteiger charge is 2.38. The summed E-state index contributed by atoms with van der Waals surface area (Å²) in [6.45, 7) is 2.45. The van der Waals surface area contributed by atoms with Gasteiger partial charge in [0.05, 0.1) is 23.1 Å². The van der Waals surface area contributed by atoms with Crippen LogP contribution in [0.1, 0.15) is 51.6 Å². The van der Waals surface area contributed by atoms with Gasteiger partial charge in [-0.3, -0.25) is 19.6 Å². The first-order valence-electron chi connectivity index (χ1n) is 11.1. The Hall–Kier alpha value is -4.35. The minimum atomic E-state index is -5.08. The van der Waals surface area contributed by atoms with Crippen LogP contribution in [0.5, 0.6) is 0 Å². The van der Waals surface area contributed by atoms with E-state index in [0.717, 1.165) is 24.2 Å². The van der Waals surface area contributed by atoms with E-state index in [2.05, 4.69) is 10.3 Å². The molecular weight excluding hydrogens is 496 g/mol. The zero-order valence-electron chi connectivity index (χ0n) is 19.5. The number of nitrogens with one attached hydrogen (secondary N) is 1. The third kappa shape index (κ3) is 7.09. The molecule has 3 aromatic rings. The van der Waals surface area contributed by atoms with Crippen molar-refractivity contribution in [2.75, 3.05) is 11.4 Å². The molecule has 0 spiro atoms. The van der Waals surface area contributed by atoms with Gasteiger partial charge in [-0.1, -0.05) is 6.07 Å². The second-order valence-electron chi connectivity index (χ2n) is 7.98. The third-order valence-corrected chi connectivity index (χ3v) is 5.33. The Kier molecular flexibility index (Phi) is 8.53. The third-order valence-electron chi connectivity index (χ3n) is 5.33. The van der Waals surface area contributed by atoms with Gasteiger partial charge in [-0.2, -0.15) is 13.2 Å². The maximum Gasteiger partial charge on any atom is 0.490 e. The highest BCUT2D eigenvalue weighted by atomic mass is 19.4. The fourth-order valence-corrected chi connectivity index (χ4v) is 3.50. The van der Waals surface area contributed by atoms with E-state index in [-0.39, 0.29) is 23.7 Å². The predicted octanol–water partition coefficient (Wildman–Crippen LogP) is 4.33. The lowest BCUT2D eigenvalue weighted by Crippen LogP contribution is -2.36. The number of aliphatic carboxylic acids is 1. The van der Waals surface area contributed by atoms with Gasteiger partial charge in [-0.05, 0) is 68.3 Å². The maximum absolute atomic E-state index is 13.1. The number of fused-ring (bicyclic) bond motifs is 1. The second kappa shape index (κ2) is 11.6. The summed E-state index contributed by atoms with van der Waals surface area (Å²) in [5, 5.41) is 10.0. The molecule has 12 heteroatoms. The number of amides is 2. The lowest BCUT2D eigenvalue weighted by molar-refractivity contribution is -0.192. The number of anilines is 1. The lowest BCUT2D eigenvalue weighted by atomic mass is 10.0. The molecule has 8 nitrogen and oxygen atoms in total. The van der Waals surface area contributed by atoms with Crippen molar-refractivity contribution in [3.8, 4) is 0 Å². The van der Waals surface area contributed by atoms with Crippen molar-refractivity contribution in [3.63, 3.8) is 0 Å². The number of aromatic nitrogens is 2. The van der Waals surface area contributed by atoms with Gasteiger partial charge in [0.15, 0.2) is 0 Å². The van der Waals surface area contributed by atoms with Crippen LogP contribution in [-0.4, -0.2) is 45.6 Å². The zero-order valence-corrected chi connectivity index (χ0v) is 19.5. The highest BCUT2D eigenvalue weighted by Crippen LogP contribution is 2.28. The summed E-state index contributed by atoms with van der Waals surface area (Å²) in [6.07, 6.45) is -1.92. The van der Waals surface area contributed by atoms with Gasteiger partial charge in [0, 0.05) is 18.3 Å². The Morgan fingerprint density at radius 1 is 1.05 bits per heavy atom. The Bertz CT molecular complexity index is 1270. The number of halogens is 4. The van der Waals surface area contributed by atoms with Crippen molar-refractivity contribution in [2.24, 2.45) is 0 Å². The van der Waals surface area contributed by atoms with Gasteiger partial charge in [-0.15, -0.1) is 0 Å². The fraction of sp³-hybridized carbons (Fsp3) is 0.240. The molecule has 2 N–H and O–H groups in total. The van der Waals surface area contributed by atoms with Gasteiger partial charge in [-0.25, -0.2) is 9.18 Å². The molecule has 2 aromatic heterocycles. The normalized spacial score (nSPS) is 13.5. The maximum atomic E-state index is 13.1. The molecule has 0 fully saturated rings. The first kappa shape index (κ1) is 27.2. The van der Waals surface area contributed by atoms with Crippen LogP contribution in [0.15, 0.2) is 60.8 Å². The van der Waals surface area contributed by atoms with E-state index in [4.69, 9.17) is 14.9 Å². The van der Waals surface area contributed by atoms with E-state index < -0.39 is 12.1 Å². The Morgan fingerprint density at radius 3 is 2.32 bits per heavy atom. The minimum Gasteiger partial charge on any atom is -0.475 e. The van der Waals surface area contributed by atoms with Crippen molar-refractivity contribution < 1.29 is 37.1 Å². The smallest absolute Gasteiger partial charge is 0.475 e. The molecule has 3 heterocycles. The molecule has 0 aliphatic carbocycles. The molecule has 2 amide bonds. The summed E-state index contributed by atoms with van der Waals surface area (Å²) < 4.78 is 44.8. The molecule has 1 atom stereocenters. The number of rotatable bonds is 4. The van der Waals surface area contributed by atoms with Crippen molar-refractivity contribution in [1.82, 2.24) is 15.3 Å². The van der Waals surface area contributed by atoms with Gasteiger partial charge >= 0.3 is 12.1 Å². The van der Waals surface area contributed by atoms with Gasteiger partial charge < -0.3 is 15.3 Å². The minimum absolute atomic E-state index is 0.149. The average Bonchev–Trinajstić information content (AvgIpc) is 2.88. The van der Waals surface area contributed by atoms with E-state index in [1.165, 1.54) is 24.3 Å². The average molecular weight is 518 g/mol. The summed E-state index contributed by atoms with van der Waals surface area (Å²) in [7, 11) is 0. The molecule has 4 rings (SSSR count). The summed E-state index contributed by atoms with van der Waals surface area (Å²) in [6, 6.07) is 14.0. The lowest BCUT2D eigenvalue weighted by Gasteiger charge is -2.29. The number of nitrogens with zero attached hydrogens (tertiary/aromatic N) is 3. The van der Waals surface area contributed by atoms with Gasteiger partial charge in [0.25, 0.3) is 11.8 Å². The number of hydrogen-bond acceptors (Lipinski definition) is 5. The van der Waals surface area contributed by atoms with E-state index in [0.29, 0.717) is 23.5 Å². The standard InChI is InChI=1S/C23H21FN4O2.C2HF3O2/c1-15(26-22(29)16-7-9-17(24)10-8-16)18-11-12-21-19(27-18)6-4-14-28(21)23(30)20-5-2-3-13-25-20;3-2(4,5)1(6)7/h2-3,5,7-13,15H,4,6,14H2,1H3,(H,26,29);(H,6,7). The monoisotopic (exact) mass is 518 g/mol. The molecule has 1 aromatic carbocycles. The number of carboxylic acid groups (broad SMARTS) is 1.